The first-order valence-corrected chi connectivity index (χ1v) is 3.09. The third kappa shape index (κ3) is 1.50. The molecule has 0 heterocycles. The number of ketones is 1. The van der Waals surface area contributed by atoms with Crippen LogP contribution in [0.15, 0.2) is 0 Å². The van der Waals surface area contributed by atoms with E-state index in [0.29, 0.717) is 12.8 Å². The minimum Gasteiger partial charge on any atom is -0.393 e. The van der Waals surface area contributed by atoms with Crippen molar-refractivity contribution in [2.45, 2.75) is 31.5 Å². The zero-order valence-electron chi connectivity index (χ0n) is 5.08. The summed E-state index contributed by atoms with van der Waals surface area (Å²) in [6.07, 6.45) is -0.330. The molecule has 1 aliphatic carbocycles. The predicted octanol–water partition coefficient (Wildman–Crippen LogP) is -0.539. The Morgan fingerprint density at radius 2 is 2.11 bits per heavy atom. The Hall–Kier alpha value is -0.410. The van der Waals surface area contributed by atoms with Crippen LogP contribution in [-0.4, -0.2) is 28.2 Å². The number of aliphatic hydroxyl groups is 2. The number of hydrogen-bond donors (Lipinski definition) is 2. The van der Waals surface area contributed by atoms with E-state index in [4.69, 9.17) is 10.2 Å². The fourth-order valence-corrected chi connectivity index (χ4v) is 0.982. The summed E-state index contributed by atoms with van der Waals surface area (Å²) in [4.78, 5) is 10.6. The third-order valence-electron chi connectivity index (χ3n) is 1.59. The molecule has 1 saturated carbocycles. The largest absolute Gasteiger partial charge is 0.393 e. The van der Waals surface area contributed by atoms with Crippen LogP contribution >= 0.6 is 0 Å². The lowest BCUT2D eigenvalue weighted by Gasteiger charge is -2.19. The quantitative estimate of drug-likeness (QED) is 0.463. The van der Waals surface area contributed by atoms with Gasteiger partial charge in [0.2, 0.25) is 0 Å². The molecule has 0 aromatic heterocycles. The van der Waals surface area contributed by atoms with Crippen LogP contribution in [0, 0.1) is 0 Å². The molecule has 2 atom stereocenters. The SMILES string of the molecule is O=C1CCC(O)CC1O. The molecule has 3 nitrogen and oxygen atoms in total. The summed E-state index contributed by atoms with van der Waals surface area (Å²) in [5.41, 5.74) is 0. The van der Waals surface area contributed by atoms with Crippen LogP contribution in [0.25, 0.3) is 0 Å². The molecular weight excluding hydrogens is 120 g/mol. The highest BCUT2D eigenvalue weighted by atomic mass is 16.3. The van der Waals surface area contributed by atoms with Crippen LogP contribution < -0.4 is 0 Å². The van der Waals surface area contributed by atoms with Gasteiger partial charge in [-0.05, 0) is 6.42 Å². The van der Waals surface area contributed by atoms with E-state index in [-0.39, 0.29) is 12.2 Å². The van der Waals surface area contributed by atoms with Crippen LogP contribution in [0.2, 0.25) is 0 Å². The van der Waals surface area contributed by atoms with Gasteiger partial charge >= 0.3 is 0 Å². The van der Waals surface area contributed by atoms with Crippen molar-refractivity contribution in [2.75, 3.05) is 0 Å². The topological polar surface area (TPSA) is 57.5 Å². The van der Waals surface area contributed by atoms with Gasteiger partial charge in [-0.25, -0.2) is 0 Å². The molecule has 1 aliphatic rings. The van der Waals surface area contributed by atoms with E-state index in [1.165, 1.54) is 0 Å². The highest BCUT2D eigenvalue weighted by molar-refractivity contribution is 5.83. The smallest absolute Gasteiger partial charge is 0.161 e. The molecule has 0 saturated heterocycles. The Morgan fingerprint density at radius 3 is 2.56 bits per heavy atom. The molecule has 0 aromatic rings. The molecule has 0 spiro atoms. The predicted molar refractivity (Wildman–Crippen MR) is 30.9 cm³/mol. The van der Waals surface area contributed by atoms with Crippen molar-refractivity contribution in [3.8, 4) is 0 Å². The summed E-state index contributed by atoms with van der Waals surface area (Å²) in [7, 11) is 0. The Kier molecular flexibility index (Phi) is 1.83. The average molecular weight is 130 g/mol. The second kappa shape index (κ2) is 2.45. The fraction of sp³-hybridized carbons (Fsp3) is 0.833. The summed E-state index contributed by atoms with van der Waals surface area (Å²) in [5.74, 6) is -0.139. The van der Waals surface area contributed by atoms with Crippen LogP contribution in [0.4, 0.5) is 0 Å². The number of carbonyl (C=O) groups is 1. The van der Waals surface area contributed by atoms with Gasteiger partial charge in [-0.3, -0.25) is 4.79 Å². The molecule has 3 heteroatoms. The Bertz CT molecular complexity index is 121. The molecule has 0 aliphatic heterocycles. The maximum Gasteiger partial charge on any atom is 0.161 e. The number of hydrogen-bond acceptors (Lipinski definition) is 3. The minimum absolute atomic E-state index is 0.139. The Balaban J connectivity index is 2.44. The number of aliphatic hydroxyl groups excluding tert-OH is 2. The van der Waals surface area contributed by atoms with Crippen LogP contribution in [0.3, 0.4) is 0 Å². The van der Waals surface area contributed by atoms with E-state index in [2.05, 4.69) is 0 Å². The van der Waals surface area contributed by atoms with Gasteiger partial charge in [0.05, 0.1) is 6.10 Å². The maximum atomic E-state index is 10.6. The normalized spacial score (nSPS) is 36.9. The van der Waals surface area contributed by atoms with Gasteiger partial charge in [0.25, 0.3) is 0 Å². The molecule has 1 rings (SSSR count). The molecule has 2 N–H and O–H groups in total. The first-order valence-electron chi connectivity index (χ1n) is 3.09. The van der Waals surface area contributed by atoms with Crippen molar-refractivity contribution in [3.63, 3.8) is 0 Å². The van der Waals surface area contributed by atoms with Gasteiger partial charge in [0.15, 0.2) is 5.78 Å². The Morgan fingerprint density at radius 1 is 1.44 bits per heavy atom. The van der Waals surface area contributed by atoms with Gasteiger partial charge in [-0.2, -0.15) is 0 Å². The zero-order chi connectivity index (χ0) is 6.85. The van der Waals surface area contributed by atoms with Gasteiger partial charge in [-0.1, -0.05) is 0 Å². The summed E-state index contributed by atoms with van der Waals surface area (Å²) < 4.78 is 0. The summed E-state index contributed by atoms with van der Waals surface area (Å²) in [5, 5.41) is 17.7. The average Bonchev–Trinajstić information content (AvgIpc) is 1.80. The molecular formula is C6H10O3. The minimum atomic E-state index is -0.909. The molecule has 9 heavy (non-hydrogen) atoms. The molecule has 52 valence electrons. The second-order valence-electron chi connectivity index (χ2n) is 2.41. The van der Waals surface area contributed by atoms with E-state index in [0.717, 1.165) is 0 Å². The van der Waals surface area contributed by atoms with Crippen molar-refractivity contribution in [1.29, 1.82) is 0 Å². The van der Waals surface area contributed by atoms with Gasteiger partial charge in [0.1, 0.15) is 6.10 Å². The van der Waals surface area contributed by atoms with E-state index < -0.39 is 12.2 Å². The molecule has 0 radical (unpaired) electrons. The highest BCUT2D eigenvalue weighted by Crippen LogP contribution is 2.14. The fourth-order valence-electron chi connectivity index (χ4n) is 0.982. The number of Topliss-reactive ketones (excluding diaryl/α,β-unsaturated/α-hetero) is 1. The van der Waals surface area contributed by atoms with E-state index in [1.807, 2.05) is 0 Å². The van der Waals surface area contributed by atoms with Crippen molar-refractivity contribution < 1.29 is 15.0 Å². The lowest BCUT2D eigenvalue weighted by Crippen LogP contribution is -2.31. The van der Waals surface area contributed by atoms with E-state index in [9.17, 15) is 4.79 Å². The summed E-state index contributed by atoms with van der Waals surface area (Å²) >= 11 is 0. The van der Waals surface area contributed by atoms with E-state index >= 15 is 0 Å². The van der Waals surface area contributed by atoms with Crippen LogP contribution in [0.5, 0.6) is 0 Å². The van der Waals surface area contributed by atoms with Crippen molar-refractivity contribution in [3.05, 3.63) is 0 Å². The lowest BCUT2D eigenvalue weighted by atomic mass is 9.94. The van der Waals surface area contributed by atoms with Gasteiger partial charge in [-0.15, -0.1) is 0 Å². The first-order chi connectivity index (χ1) is 4.20. The second-order valence-corrected chi connectivity index (χ2v) is 2.41. The Labute approximate surface area is 53.3 Å². The van der Waals surface area contributed by atoms with Crippen molar-refractivity contribution in [1.82, 2.24) is 0 Å². The zero-order valence-corrected chi connectivity index (χ0v) is 5.08. The van der Waals surface area contributed by atoms with Gasteiger partial charge in [0, 0.05) is 12.8 Å². The van der Waals surface area contributed by atoms with Crippen LogP contribution in [-0.2, 0) is 4.79 Å². The molecule has 2 unspecified atom stereocenters. The summed E-state index contributed by atoms with van der Waals surface area (Å²) in [6.45, 7) is 0. The molecule has 0 aromatic carbocycles. The third-order valence-corrected chi connectivity index (χ3v) is 1.59. The molecule has 0 amide bonds. The highest BCUT2D eigenvalue weighted by Gasteiger charge is 2.24. The van der Waals surface area contributed by atoms with Gasteiger partial charge < -0.3 is 10.2 Å². The monoisotopic (exact) mass is 130 g/mol. The van der Waals surface area contributed by atoms with E-state index in [1.54, 1.807) is 0 Å². The number of carbonyl (C=O) groups excluding carboxylic acids is 1. The van der Waals surface area contributed by atoms with Crippen LogP contribution in [0.1, 0.15) is 19.3 Å². The standard InChI is InChI=1S/C6H10O3/c7-4-1-2-5(8)6(9)3-4/h4,6-7,9H,1-3H2. The maximum absolute atomic E-state index is 10.6. The summed E-state index contributed by atoms with van der Waals surface area (Å²) in [6, 6.07) is 0. The first kappa shape index (κ1) is 6.71. The molecule has 0 bridgehead atoms. The molecule has 1 fully saturated rings. The van der Waals surface area contributed by atoms with Crippen molar-refractivity contribution >= 4 is 5.78 Å². The lowest BCUT2D eigenvalue weighted by molar-refractivity contribution is -0.132. The number of rotatable bonds is 0. The van der Waals surface area contributed by atoms with Crippen molar-refractivity contribution in [2.24, 2.45) is 0 Å².